The van der Waals surface area contributed by atoms with E-state index in [0.29, 0.717) is 11.5 Å². The largest absolute Gasteiger partial charge is 0.514 e. The molecular formula is C37H38O6. The minimum Gasteiger partial charge on any atom is -0.428 e. The standard InChI is InChI=1S/C37H38O6/c1-23-21-25(40-33(38)42-35(3,4)5)17-19-29(23)37(31-15-11-9-13-27(31)28-14-10-12-16-32(28)37)30-20-18-26(22-24(30)2)41-34(39)43-36(6,7)8/h9-22H,1-8H3. The summed E-state index contributed by atoms with van der Waals surface area (Å²) in [6.07, 6.45) is -1.50. The number of hydrogen-bond donors (Lipinski definition) is 0. The zero-order valence-corrected chi connectivity index (χ0v) is 26.0. The first kappa shape index (κ1) is 29.9. The SMILES string of the molecule is Cc1cc(OC(=O)OC(C)(C)C)ccc1C1(c2ccc(OC(=O)OC(C)(C)C)cc2C)c2ccccc2-c2ccccc21. The summed E-state index contributed by atoms with van der Waals surface area (Å²) in [5.41, 5.74) is 6.57. The lowest BCUT2D eigenvalue weighted by Gasteiger charge is -2.36. The number of ether oxygens (including phenoxy) is 4. The van der Waals surface area contributed by atoms with E-state index in [1.54, 1.807) is 41.5 Å². The minimum absolute atomic E-state index is 0.406. The molecule has 0 saturated heterocycles. The van der Waals surface area contributed by atoms with Crippen molar-refractivity contribution in [1.82, 2.24) is 0 Å². The van der Waals surface area contributed by atoms with Crippen LogP contribution in [0.2, 0.25) is 0 Å². The van der Waals surface area contributed by atoms with E-state index in [-0.39, 0.29) is 0 Å². The maximum absolute atomic E-state index is 12.4. The van der Waals surface area contributed by atoms with Crippen LogP contribution in [0.4, 0.5) is 9.59 Å². The van der Waals surface area contributed by atoms with Crippen LogP contribution in [0.5, 0.6) is 11.5 Å². The maximum atomic E-state index is 12.4. The van der Waals surface area contributed by atoms with Gasteiger partial charge in [-0.25, -0.2) is 9.59 Å². The van der Waals surface area contributed by atoms with Crippen LogP contribution in [0.25, 0.3) is 11.1 Å². The van der Waals surface area contributed by atoms with Crippen LogP contribution in [0.15, 0.2) is 84.9 Å². The molecule has 0 aliphatic heterocycles. The molecule has 0 unspecified atom stereocenters. The van der Waals surface area contributed by atoms with Crippen molar-refractivity contribution in [2.45, 2.75) is 72.0 Å². The van der Waals surface area contributed by atoms with Gasteiger partial charge in [0.25, 0.3) is 0 Å². The van der Waals surface area contributed by atoms with E-state index >= 15 is 0 Å². The number of fused-ring (bicyclic) bond motifs is 3. The quantitative estimate of drug-likeness (QED) is 0.156. The molecule has 0 heterocycles. The lowest BCUT2D eigenvalue weighted by Crippen LogP contribution is -2.31. The Balaban J connectivity index is 1.67. The fraction of sp³-hybridized carbons (Fsp3) is 0.297. The summed E-state index contributed by atoms with van der Waals surface area (Å²) in [7, 11) is 0. The Bertz CT molecular complexity index is 1580. The number of hydrogen-bond acceptors (Lipinski definition) is 6. The summed E-state index contributed by atoms with van der Waals surface area (Å²) < 4.78 is 21.8. The first-order valence-corrected chi connectivity index (χ1v) is 14.4. The van der Waals surface area contributed by atoms with Crippen LogP contribution < -0.4 is 9.47 Å². The molecule has 4 aromatic rings. The van der Waals surface area contributed by atoms with Gasteiger partial charge in [0, 0.05) is 0 Å². The van der Waals surface area contributed by atoms with Crippen molar-refractivity contribution in [3.05, 3.63) is 118 Å². The Morgan fingerprint density at radius 2 is 0.907 bits per heavy atom. The van der Waals surface area contributed by atoms with Gasteiger partial charge in [-0.3, -0.25) is 0 Å². The van der Waals surface area contributed by atoms with Gasteiger partial charge in [0.2, 0.25) is 0 Å². The first-order valence-electron chi connectivity index (χ1n) is 14.4. The fourth-order valence-corrected chi connectivity index (χ4v) is 5.94. The Morgan fingerprint density at radius 3 is 1.26 bits per heavy atom. The summed E-state index contributed by atoms with van der Waals surface area (Å²) in [6.45, 7) is 14.8. The molecule has 0 amide bonds. The summed E-state index contributed by atoms with van der Waals surface area (Å²) in [4.78, 5) is 24.9. The number of rotatable bonds is 4. The molecule has 6 nitrogen and oxygen atoms in total. The van der Waals surface area contributed by atoms with E-state index in [0.717, 1.165) is 44.5 Å². The summed E-state index contributed by atoms with van der Waals surface area (Å²) in [5, 5.41) is 0. The molecule has 0 atom stereocenters. The first-order chi connectivity index (χ1) is 20.2. The molecule has 1 aliphatic rings. The highest BCUT2D eigenvalue weighted by molar-refractivity contribution is 5.87. The Labute approximate surface area is 253 Å². The average molecular weight is 579 g/mol. The van der Waals surface area contributed by atoms with Crippen molar-refractivity contribution >= 4 is 12.3 Å². The van der Waals surface area contributed by atoms with Gasteiger partial charge >= 0.3 is 12.3 Å². The van der Waals surface area contributed by atoms with Crippen LogP contribution in [0, 0.1) is 13.8 Å². The molecule has 0 saturated carbocycles. The van der Waals surface area contributed by atoms with Gasteiger partial charge in [0.1, 0.15) is 22.7 Å². The molecule has 0 bridgehead atoms. The topological polar surface area (TPSA) is 71.1 Å². The van der Waals surface area contributed by atoms with Gasteiger partial charge in [-0.1, -0.05) is 60.7 Å². The summed E-state index contributed by atoms with van der Waals surface area (Å²) in [6, 6.07) is 28.3. The molecule has 43 heavy (non-hydrogen) atoms. The van der Waals surface area contributed by atoms with E-state index in [1.807, 2.05) is 50.2 Å². The highest BCUT2D eigenvalue weighted by Gasteiger charge is 2.47. The van der Waals surface area contributed by atoms with Crippen LogP contribution in [0.1, 0.15) is 74.9 Å². The predicted octanol–water partition coefficient (Wildman–Crippen LogP) is 9.29. The van der Waals surface area contributed by atoms with Gasteiger partial charge in [-0.2, -0.15) is 0 Å². The third kappa shape index (κ3) is 5.87. The predicted molar refractivity (Wildman–Crippen MR) is 167 cm³/mol. The van der Waals surface area contributed by atoms with Gasteiger partial charge in [0.05, 0.1) is 5.41 Å². The number of aryl methyl sites for hydroxylation is 2. The fourth-order valence-electron chi connectivity index (χ4n) is 5.94. The second kappa shape index (κ2) is 10.9. The molecule has 0 fully saturated rings. The molecule has 0 N–H and O–H groups in total. The number of carbonyl (C=O) groups is 2. The van der Waals surface area contributed by atoms with Crippen molar-refractivity contribution in [2.75, 3.05) is 0 Å². The smallest absolute Gasteiger partial charge is 0.428 e. The van der Waals surface area contributed by atoms with Gasteiger partial charge < -0.3 is 18.9 Å². The van der Waals surface area contributed by atoms with Crippen molar-refractivity contribution in [1.29, 1.82) is 0 Å². The van der Waals surface area contributed by atoms with E-state index in [1.165, 1.54) is 0 Å². The van der Waals surface area contributed by atoms with Crippen LogP contribution >= 0.6 is 0 Å². The second-order valence-corrected chi connectivity index (χ2v) is 12.9. The maximum Gasteiger partial charge on any atom is 0.514 e. The minimum atomic E-state index is -0.748. The van der Waals surface area contributed by atoms with Gasteiger partial charge in [-0.05, 0) is 124 Å². The lowest BCUT2D eigenvalue weighted by molar-refractivity contribution is 0.0193. The summed E-state index contributed by atoms with van der Waals surface area (Å²) >= 11 is 0. The third-order valence-electron chi connectivity index (χ3n) is 7.34. The highest BCUT2D eigenvalue weighted by atomic mass is 16.7. The summed E-state index contributed by atoms with van der Waals surface area (Å²) in [5.74, 6) is 0.811. The van der Waals surface area contributed by atoms with Crippen LogP contribution in [-0.2, 0) is 14.9 Å². The Morgan fingerprint density at radius 1 is 0.535 bits per heavy atom. The highest BCUT2D eigenvalue weighted by Crippen LogP contribution is 2.57. The molecule has 1 aliphatic carbocycles. The van der Waals surface area contributed by atoms with E-state index in [9.17, 15) is 9.59 Å². The monoisotopic (exact) mass is 578 g/mol. The average Bonchev–Trinajstić information content (AvgIpc) is 3.18. The Hall–Kier alpha value is -4.58. The normalized spacial score (nSPS) is 13.5. The molecular weight excluding hydrogens is 540 g/mol. The van der Waals surface area contributed by atoms with Crippen LogP contribution in [-0.4, -0.2) is 23.5 Å². The molecule has 0 radical (unpaired) electrons. The van der Waals surface area contributed by atoms with Crippen molar-refractivity contribution in [3.8, 4) is 22.6 Å². The molecule has 222 valence electrons. The Kier molecular flexibility index (Phi) is 7.59. The molecule has 0 spiro atoms. The van der Waals surface area contributed by atoms with Crippen LogP contribution in [0.3, 0.4) is 0 Å². The molecule has 0 aromatic heterocycles. The molecule has 4 aromatic carbocycles. The van der Waals surface area contributed by atoms with E-state index in [2.05, 4.69) is 48.5 Å². The third-order valence-corrected chi connectivity index (χ3v) is 7.34. The van der Waals surface area contributed by atoms with Crippen molar-refractivity contribution in [2.24, 2.45) is 0 Å². The number of benzene rings is 4. The number of carbonyl (C=O) groups excluding carboxylic acids is 2. The van der Waals surface area contributed by atoms with Crippen molar-refractivity contribution in [3.63, 3.8) is 0 Å². The molecule has 6 heteroatoms. The molecule has 5 rings (SSSR count). The zero-order valence-electron chi connectivity index (χ0n) is 26.0. The van der Waals surface area contributed by atoms with Gasteiger partial charge in [0.15, 0.2) is 0 Å². The lowest BCUT2D eigenvalue weighted by atomic mass is 9.65. The zero-order chi connectivity index (χ0) is 31.2. The second-order valence-electron chi connectivity index (χ2n) is 12.9. The van der Waals surface area contributed by atoms with E-state index < -0.39 is 28.9 Å². The van der Waals surface area contributed by atoms with E-state index in [4.69, 9.17) is 18.9 Å². The van der Waals surface area contributed by atoms with Crippen molar-refractivity contribution < 1.29 is 28.5 Å². The van der Waals surface area contributed by atoms with Gasteiger partial charge in [-0.15, -0.1) is 0 Å².